The summed E-state index contributed by atoms with van der Waals surface area (Å²) in [6, 6.07) is 6.77. The lowest BCUT2D eigenvalue weighted by Gasteiger charge is -2.32. The van der Waals surface area contributed by atoms with Crippen LogP contribution in [0.3, 0.4) is 0 Å². The minimum Gasteiger partial charge on any atom is -0.394 e. The fraction of sp³-hybridized carbons (Fsp3) is 0.474. The van der Waals surface area contributed by atoms with Crippen molar-refractivity contribution in [2.24, 2.45) is 5.41 Å². The first-order valence-electron chi connectivity index (χ1n) is 8.60. The molecule has 0 aliphatic carbocycles. The van der Waals surface area contributed by atoms with E-state index in [0.717, 1.165) is 37.3 Å². The molecule has 1 atom stereocenters. The molecule has 0 bridgehead atoms. The van der Waals surface area contributed by atoms with Crippen LogP contribution in [0.25, 0.3) is 0 Å². The number of thioether (sulfide) groups is 1. The van der Waals surface area contributed by atoms with Gasteiger partial charge in [-0.05, 0) is 66.5 Å². The first-order valence-corrected chi connectivity index (χ1v) is 9.75. The number of nitrogens with zero attached hydrogens (tertiary/aromatic N) is 1. The third-order valence-corrected chi connectivity index (χ3v) is 6.21. The molecular formula is C19H24N2O3S. The molecular weight excluding hydrogens is 336 g/mol. The maximum atomic E-state index is 12.9. The van der Waals surface area contributed by atoms with E-state index >= 15 is 0 Å². The summed E-state index contributed by atoms with van der Waals surface area (Å²) in [5.41, 5.74) is 1.38. The Kier molecular flexibility index (Phi) is 5.49. The lowest BCUT2D eigenvalue weighted by Crippen LogP contribution is -2.38. The number of nitrogens with one attached hydrogen (secondary N) is 1. The first-order chi connectivity index (χ1) is 12.1. The van der Waals surface area contributed by atoms with Crippen LogP contribution in [0.4, 0.5) is 5.69 Å². The van der Waals surface area contributed by atoms with Gasteiger partial charge in [-0.3, -0.25) is 9.59 Å². The number of anilines is 1. The molecule has 2 aliphatic rings. The molecule has 1 aromatic carbocycles. The van der Waals surface area contributed by atoms with Crippen molar-refractivity contribution in [3.63, 3.8) is 0 Å². The molecule has 2 N–H and O–H groups in total. The molecule has 134 valence electrons. The molecule has 2 amide bonds. The number of benzene rings is 1. The number of carbonyl (C=O) groups is 2. The van der Waals surface area contributed by atoms with Gasteiger partial charge in [0.2, 0.25) is 5.91 Å². The number of carbonyl (C=O) groups excluding carboxylic acids is 2. The van der Waals surface area contributed by atoms with Crippen molar-refractivity contribution in [2.75, 3.05) is 30.0 Å². The second kappa shape index (κ2) is 7.62. The Bertz CT molecular complexity index is 653. The normalized spacial score (nSPS) is 22.0. The molecule has 1 unspecified atom stereocenters. The number of hydrogen-bond acceptors (Lipinski definition) is 4. The lowest BCUT2D eigenvalue weighted by molar-refractivity contribution is -0.111. The van der Waals surface area contributed by atoms with Crippen LogP contribution in [0.1, 0.15) is 29.6 Å². The molecule has 1 spiro atoms. The van der Waals surface area contributed by atoms with Crippen molar-refractivity contribution < 1.29 is 14.7 Å². The standard InChI is InChI=1S/C19H24N2O3S/c1-2-17(23)20-15-5-3-14(4-6-15)18(24)21-13-19(11-16(21)12-22)7-9-25-10-8-19/h2-6,16,22H,1,7-13H2,(H,20,23). The number of aliphatic hydroxyl groups is 1. The molecule has 0 radical (unpaired) electrons. The van der Waals surface area contributed by atoms with Gasteiger partial charge < -0.3 is 15.3 Å². The highest BCUT2D eigenvalue weighted by molar-refractivity contribution is 7.99. The number of likely N-dealkylation sites (tertiary alicyclic amines) is 1. The van der Waals surface area contributed by atoms with E-state index in [9.17, 15) is 14.7 Å². The van der Waals surface area contributed by atoms with Crippen LogP contribution in [0.15, 0.2) is 36.9 Å². The molecule has 2 saturated heterocycles. The fourth-order valence-electron chi connectivity index (χ4n) is 3.79. The Hall–Kier alpha value is -1.79. The van der Waals surface area contributed by atoms with Gasteiger partial charge in [-0.1, -0.05) is 6.58 Å². The SMILES string of the molecule is C=CC(=O)Nc1ccc(C(=O)N2CC3(CCSCC3)CC2CO)cc1. The summed E-state index contributed by atoms with van der Waals surface area (Å²) in [6.07, 6.45) is 4.33. The molecule has 2 aliphatic heterocycles. The Balaban J connectivity index is 1.73. The van der Waals surface area contributed by atoms with E-state index in [1.807, 2.05) is 16.7 Å². The van der Waals surface area contributed by atoms with Gasteiger partial charge >= 0.3 is 0 Å². The summed E-state index contributed by atoms with van der Waals surface area (Å²) in [5, 5.41) is 12.4. The fourth-order valence-corrected chi connectivity index (χ4v) is 5.15. The highest BCUT2D eigenvalue weighted by Gasteiger charge is 2.46. The van der Waals surface area contributed by atoms with Crippen LogP contribution in [0.2, 0.25) is 0 Å². The molecule has 1 aromatic rings. The van der Waals surface area contributed by atoms with E-state index in [1.54, 1.807) is 24.3 Å². The van der Waals surface area contributed by atoms with Crippen LogP contribution < -0.4 is 5.32 Å². The maximum Gasteiger partial charge on any atom is 0.254 e. The van der Waals surface area contributed by atoms with Gasteiger partial charge in [0.25, 0.3) is 5.91 Å². The van der Waals surface area contributed by atoms with Crippen LogP contribution in [-0.4, -0.2) is 52.5 Å². The van der Waals surface area contributed by atoms with E-state index in [-0.39, 0.29) is 29.9 Å². The highest BCUT2D eigenvalue weighted by Crippen LogP contribution is 2.45. The van der Waals surface area contributed by atoms with Crippen LogP contribution in [0, 0.1) is 5.41 Å². The molecule has 0 aromatic heterocycles. The topological polar surface area (TPSA) is 69.6 Å². The molecule has 5 nitrogen and oxygen atoms in total. The zero-order chi connectivity index (χ0) is 17.9. The van der Waals surface area contributed by atoms with Gasteiger partial charge in [0, 0.05) is 17.8 Å². The lowest BCUT2D eigenvalue weighted by atomic mass is 9.80. The van der Waals surface area contributed by atoms with E-state index in [0.29, 0.717) is 11.3 Å². The predicted octanol–water partition coefficient (Wildman–Crippen LogP) is 2.53. The van der Waals surface area contributed by atoms with Gasteiger partial charge in [-0.15, -0.1) is 0 Å². The van der Waals surface area contributed by atoms with E-state index in [1.165, 1.54) is 6.08 Å². The number of hydrogen-bond donors (Lipinski definition) is 2. The van der Waals surface area contributed by atoms with Gasteiger partial charge in [-0.25, -0.2) is 0 Å². The summed E-state index contributed by atoms with van der Waals surface area (Å²) in [4.78, 5) is 26.1. The second-order valence-corrected chi connectivity index (χ2v) is 8.08. The van der Waals surface area contributed by atoms with Crippen molar-refractivity contribution in [3.8, 4) is 0 Å². The summed E-state index contributed by atoms with van der Waals surface area (Å²) >= 11 is 1.97. The third kappa shape index (κ3) is 3.90. The Morgan fingerprint density at radius 3 is 2.60 bits per heavy atom. The zero-order valence-electron chi connectivity index (χ0n) is 14.2. The summed E-state index contributed by atoms with van der Waals surface area (Å²) in [5.74, 6) is 1.95. The molecule has 0 saturated carbocycles. The van der Waals surface area contributed by atoms with Gasteiger partial charge in [0.15, 0.2) is 0 Å². The van der Waals surface area contributed by atoms with Crippen LogP contribution in [0.5, 0.6) is 0 Å². The highest BCUT2D eigenvalue weighted by atomic mass is 32.2. The summed E-state index contributed by atoms with van der Waals surface area (Å²) in [7, 11) is 0. The summed E-state index contributed by atoms with van der Waals surface area (Å²) < 4.78 is 0. The maximum absolute atomic E-state index is 12.9. The molecule has 2 fully saturated rings. The molecule has 3 rings (SSSR count). The minimum atomic E-state index is -0.281. The monoisotopic (exact) mass is 360 g/mol. The van der Waals surface area contributed by atoms with Crippen molar-refractivity contribution in [1.29, 1.82) is 0 Å². The smallest absolute Gasteiger partial charge is 0.254 e. The second-order valence-electron chi connectivity index (χ2n) is 6.86. The minimum absolute atomic E-state index is 0.00804. The average Bonchev–Trinajstić information content (AvgIpc) is 3.00. The molecule has 2 heterocycles. The van der Waals surface area contributed by atoms with Gasteiger partial charge in [0.05, 0.1) is 12.6 Å². The zero-order valence-corrected chi connectivity index (χ0v) is 15.1. The van der Waals surface area contributed by atoms with E-state index < -0.39 is 0 Å². The largest absolute Gasteiger partial charge is 0.394 e. The van der Waals surface area contributed by atoms with Gasteiger partial charge in [0.1, 0.15) is 0 Å². The van der Waals surface area contributed by atoms with Crippen molar-refractivity contribution in [3.05, 3.63) is 42.5 Å². The Labute approximate surface area is 152 Å². The predicted molar refractivity (Wildman–Crippen MR) is 101 cm³/mol. The summed E-state index contributed by atoms with van der Waals surface area (Å²) in [6.45, 7) is 4.15. The van der Waals surface area contributed by atoms with Crippen LogP contribution >= 0.6 is 11.8 Å². The quantitative estimate of drug-likeness (QED) is 0.810. The third-order valence-electron chi connectivity index (χ3n) is 5.23. The van der Waals surface area contributed by atoms with Crippen molar-refractivity contribution >= 4 is 29.3 Å². The number of rotatable bonds is 4. The van der Waals surface area contributed by atoms with Crippen molar-refractivity contribution in [2.45, 2.75) is 25.3 Å². The number of amides is 2. The first kappa shape index (κ1) is 18.0. The van der Waals surface area contributed by atoms with Gasteiger partial charge in [-0.2, -0.15) is 11.8 Å². The van der Waals surface area contributed by atoms with Crippen LogP contribution in [-0.2, 0) is 4.79 Å². The van der Waals surface area contributed by atoms with E-state index in [4.69, 9.17) is 0 Å². The average molecular weight is 360 g/mol. The van der Waals surface area contributed by atoms with Crippen molar-refractivity contribution in [1.82, 2.24) is 4.90 Å². The number of aliphatic hydroxyl groups excluding tert-OH is 1. The Morgan fingerprint density at radius 2 is 2.00 bits per heavy atom. The Morgan fingerprint density at radius 1 is 1.32 bits per heavy atom. The van der Waals surface area contributed by atoms with E-state index in [2.05, 4.69) is 11.9 Å². The molecule has 6 heteroatoms. The molecule has 25 heavy (non-hydrogen) atoms.